The zero-order valence-electron chi connectivity index (χ0n) is 30.5. The second-order valence-electron chi connectivity index (χ2n) is 14.2. The van der Waals surface area contributed by atoms with Crippen LogP contribution in [0.25, 0.3) is 55.6 Å². The third kappa shape index (κ3) is 8.47. The van der Waals surface area contributed by atoms with Gasteiger partial charge in [0.15, 0.2) is 0 Å². The molecule has 3 heterocycles. The smallest absolute Gasteiger partial charge is 0.123 e. The van der Waals surface area contributed by atoms with Crippen molar-refractivity contribution in [3.05, 3.63) is 139 Å². The van der Waals surface area contributed by atoms with Crippen LogP contribution in [0, 0.1) is 17.9 Å². The topological polar surface area (TPSA) is 38.9 Å². The SMILES string of the molecule is CC(C)c1cc(-c2[c-]cccc2)ncc1[Si](C)(C)C.CCC(CC)c1ccnc(-c2[c-]ccc3c2oc2cc(-c4cccc(F)c4)ccc23)c1.[Ir]. The van der Waals surface area contributed by atoms with Crippen LogP contribution in [0.4, 0.5) is 4.39 Å². The zero-order valence-corrected chi connectivity index (χ0v) is 33.9. The molecule has 0 aliphatic rings. The first kappa shape index (κ1) is 38.0. The van der Waals surface area contributed by atoms with Crippen LogP contribution in [-0.4, -0.2) is 18.0 Å². The van der Waals surface area contributed by atoms with Gasteiger partial charge in [0.25, 0.3) is 0 Å². The molecule has 0 amide bonds. The molecule has 6 heteroatoms. The van der Waals surface area contributed by atoms with E-state index in [1.54, 1.807) is 6.07 Å². The fourth-order valence-electron chi connectivity index (χ4n) is 6.65. The van der Waals surface area contributed by atoms with Crippen LogP contribution in [0.3, 0.4) is 0 Å². The van der Waals surface area contributed by atoms with Gasteiger partial charge in [0.2, 0.25) is 0 Å². The van der Waals surface area contributed by atoms with Gasteiger partial charge >= 0.3 is 0 Å². The third-order valence-corrected chi connectivity index (χ3v) is 11.5. The van der Waals surface area contributed by atoms with Gasteiger partial charge in [-0.15, -0.1) is 54.1 Å². The first-order chi connectivity index (χ1) is 24.1. The summed E-state index contributed by atoms with van der Waals surface area (Å²) in [5.41, 5.74) is 9.90. The summed E-state index contributed by atoms with van der Waals surface area (Å²) in [7, 11) is -1.34. The molecule has 1 radical (unpaired) electrons. The van der Waals surface area contributed by atoms with E-state index in [9.17, 15) is 4.39 Å². The van der Waals surface area contributed by atoms with Gasteiger partial charge in [-0.3, -0.25) is 0 Å². The minimum atomic E-state index is -1.34. The number of fused-ring (bicyclic) bond motifs is 3. The molecular formula is C45H45FIrN2OSi-2. The van der Waals surface area contributed by atoms with Crippen molar-refractivity contribution >= 4 is 35.2 Å². The van der Waals surface area contributed by atoms with E-state index in [1.807, 2.05) is 60.8 Å². The molecule has 0 bridgehead atoms. The fraction of sp³-hybridized carbons (Fsp3) is 0.244. The largest absolute Gasteiger partial charge is 0.501 e. The molecule has 0 saturated heterocycles. The van der Waals surface area contributed by atoms with Crippen molar-refractivity contribution in [3.8, 4) is 33.6 Å². The van der Waals surface area contributed by atoms with Gasteiger partial charge in [-0.1, -0.05) is 106 Å². The number of aromatic nitrogens is 2. The molecule has 0 atom stereocenters. The Morgan fingerprint density at radius 3 is 2.24 bits per heavy atom. The molecule has 51 heavy (non-hydrogen) atoms. The zero-order chi connectivity index (χ0) is 35.4. The molecule has 3 aromatic heterocycles. The first-order valence-electron chi connectivity index (χ1n) is 17.6. The minimum absolute atomic E-state index is 0. The van der Waals surface area contributed by atoms with Gasteiger partial charge in [0, 0.05) is 37.9 Å². The maximum absolute atomic E-state index is 13.7. The van der Waals surface area contributed by atoms with Crippen molar-refractivity contribution < 1.29 is 28.9 Å². The van der Waals surface area contributed by atoms with Gasteiger partial charge in [-0.25, -0.2) is 4.39 Å². The summed E-state index contributed by atoms with van der Waals surface area (Å²) in [6, 6.07) is 37.7. The summed E-state index contributed by atoms with van der Waals surface area (Å²) in [4.78, 5) is 9.28. The van der Waals surface area contributed by atoms with E-state index in [1.165, 1.54) is 28.4 Å². The molecule has 0 N–H and O–H groups in total. The first-order valence-corrected chi connectivity index (χ1v) is 21.1. The molecule has 0 fully saturated rings. The Morgan fingerprint density at radius 1 is 0.765 bits per heavy atom. The second-order valence-corrected chi connectivity index (χ2v) is 19.3. The van der Waals surface area contributed by atoms with Crippen molar-refractivity contribution in [2.45, 2.75) is 72.0 Å². The molecule has 0 aliphatic carbocycles. The van der Waals surface area contributed by atoms with E-state index in [0.717, 1.165) is 68.4 Å². The Bertz CT molecular complexity index is 2240. The molecule has 0 unspecified atom stereocenters. The normalized spacial score (nSPS) is 11.5. The molecule has 7 rings (SSSR count). The van der Waals surface area contributed by atoms with Crippen LogP contribution < -0.4 is 5.19 Å². The maximum Gasteiger partial charge on any atom is 0.123 e. The number of nitrogens with zero attached hydrogens (tertiary/aromatic N) is 2. The average Bonchev–Trinajstić information content (AvgIpc) is 3.50. The Hall–Kier alpha value is -4.22. The van der Waals surface area contributed by atoms with E-state index < -0.39 is 8.07 Å². The van der Waals surface area contributed by atoms with Crippen LogP contribution in [0.5, 0.6) is 0 Å². The number of furan rings is 1. The van der Waals surface area contributed by atoms with Crippen LogP contribution in [0.2, 0.25) is 19.6 Å². The number of hydrogen-bond donors (Lipinski definition) is 0. The monoisotopic (exact) mass is 869 g/mol. The Balaban J connectivity index is 0.000000218. The van der Waals surface area contributed by atoms with Crippen LogP contribution >= 0.6 is 0 Å². The van der Waals surface area contributed by atoms with E-state index >= 15 is 0 Å². The van der Waals surface area contributed by atoms with Crippen LogP contribution in [0.1, 0.15) is 63.5 Å². The Morgan fingerprint density at radius 2 is 1.55 bits per heavy atom. The van der Waals surface area contributed by atoms with E-state index in [4.69, 9.17) is 4.42 Å². The summed E-state index contributed by atoms with van der Waals surface area (Å²) in [6.07, 6.45) is 6.17. The molecular weight excluding hydrogens is 824 g/mol. The Labute approximate surface area is 316 Å². The minimum Gasteiger partial charge on any atom is -0.501 e. The maximum atomic E-state index is 13.7. The van der Waals surface area contributed by atoms with Crippen molar-refractivity contribution in [1.29, 1.82) is 0 Å². The molecule has 0 aliphatic heterocycles. The number of pyridine rings is 2. The van der Waals surface area contributed by atoms with Gasteiger partial charge in [-0.2, -0.15) is 0 Å². The van der Waals surface area contributed by atoms with Crippen LogP contribution in [0.15, 0.2) is 114 Å². The quantitative estimate of drug-likeness (QED) is 0.113. The summed E-state index contributed by atoms with van der Waals surface area (Å²) in [6.45, 7) is 16.1. The predicted octanol–water partition coefficient (Wildman–Crippen LogP) is 12.4. The number of benzene rings is 4. The molecule has 0 saturated carbocycles. The third-order valence-electron chi connectivity index (χ3n) is 9.44. The number of rotatable bonds is 8. The van der Waals surface area contributed by atoms with E-state index in [2.05, 4.69) is 99.9 Å². The van der Waals surface area contributed by atoms with Crippen LogP contribution in [-0.2, 0) is 20.1 Å². The van der Waals surface area contributed by atoms with Gasteiger partial charge in [0.05, 0.1) is 13.7 Å². The summed E-state index contributed by atoms with van der Waals surface area (Å²) < 4.78 is 20.0. The van der Waals surface area contributed by atoms with Crippen molar-refractivity contribution in [1.82, 2.24) is 9.97 Å². The fourth-order valence-corrected chi connectivity index (χ4v) is 8.33. The predicted molar refractivity (Wildman–Crippen MR) is 210 cm³/mol. The van der Waals surface area contributed by atoms with E-state index in [-0.39, 0.29) is 25.9 Å². The van der Waals surface area contributed by atoms with Gasteiger partial charge < -0.3 is 14.4 Å². The second kappa shape index (κ2) is 16.4. The Kier molecular flexibility index (Phi) is 12.2. The number of hydrogen-bond acceptors (Lipinski definition) is 3. The van der Waals surface area contributed by atoms with Crippen molar-refractivity contribution in [3.63, 3.8) is 0 Å². The molecule has 4 aromatic carbocycles. The standard InChI is InChI=1S/C28H23FNO.C17H22NSi.Ir/c1-3-18(4-2)21-13-14-30-26(16-21)25-10-6-9-24-23-12-11-20(17-27(23)31-28(24)25)19-7-5-8-22(29)15-19;1-13(2)15-11-16(14-9-7-6-8-10-14)18-12-17(15)19(3,4)5;/h5-9,11-18H,3-4H2,1-2H3;6-9,11-13H,1-5H3;/q2*-1;. The van der Waals surface area contributed by atoms with Gasteiger partial charge in [-0.05, 0) is 76.6 Å². The summed E-state index contributed by atoms with van der Waals surface area (Å²) >= 11 is 0. The summed E-state index contributed by atoms with van der Waals surface area (Å²) in [5, 5.41) is 3.54. The summed E-state index contributed by atoms with van der Waals surface area (Å²) in [5.74, 6) is 0.806. The number of halogens is 1. The molecule has 3 nitrogen and oxygen atoms in total. The molecule has 7 aromatic rings. The van der Waals surface area contributed by atoms with Gasteiger partial charge in [0.1, 0.15) is 11.4 Å². The van der Waals surface area contributed by atoms with Crippen molar-refractivity contribution in [2.75, 3.05) is 0 Å². The van der Waals surface area contributed by atoms with Crippen molar-refractivity contribution in [2.24, 2.45) is 0 Å². The van der Waals surface area contributed by atoms with E-state index in [0.29, 0.717) is 11.8 Å². The molecule has 263 valence electrons. The average molecular weight is 869 g/mol. The molecule has 0 spiro atoms.